The van der Waals surface area contributed by atoms with E-state index in [1.807, 2.05) is 0 Å². The van der Waals surface area contributed by atoms with Crippen LogP contribution in [0.25, 0.3) is 10.1 Å². The van der Waals surface area contributed by atoms with Gasteiger partial charge < -0.3 is 33.3 Å². The average molecular weight is 815 g/mol. The maximum Gasteiger partial charge on any atom is 0.306 e. The number of hydrogen-bond acceptors (Lipinski definition) is 13. The number of ether oxygens (including phenoxy) is 6. The van der Waals surface area contributed by atoms with Crippen LogP contribution in [0.15, 0.2) is 30.4 Å². The third-order valence-electron chi connectivity index (χ3n) is 8.81. The van der Waals surface area contributed by atoms with Crippen molar-refractivity contribution in [1.29, 1.82) is 0 Å². The molecule has 1 atom stereocenters. The lowest BCUT2D eigenvalue weighted by Gasteiger charge is -2.20. The van der Waals surface area contributed by atoms with E-state index in [1.165, 1.54) is 38.2 Å². The number of hydrogen-bond donors (Lipinski definition) is 0. The van der Waals surface area contributed by atoms with E-state index in [4.69, 9.17) is 28.4 Å². The smallest absolute Gasteiger partial charge is 0.306 e. The molecule has 2 aliphatic heterocycles. The summed E-state index contributed by atoms with van der Waals surface area (Å²) in [4.78, 5) is 76.4. The minimum atomic E-state index is -0.783. The molecule has 1 aromatic heterocycles. The van der Waals surface area contributed by atoms with E-state index in [2.05, 4.69) is 0 Å². The molecule has 0 unspecified atom stereocenters. The van der Waals surface area contributed by atoms with Crippen molar-refractivity contribution in [1.82, 2.24) is 9.80 Å². The molecule has 0 saturated carbocycles. The lowest BCUT2D eigenvalue weighted by Crippen LogP contribution is -2.37. The minimum absolute atomic E-state index is 0.00757. The number of halogens is 2. The Morgan fingerprint density at radius 2 is 1.44 bits per heavy atom. The summed E-state index contributed by atoms with van der Waals surface area (Å²) >= 11 is 1.02. The van der Waals surface area contributed by atoms with Crippen LogP contribution >= 0.6 is 11.3 Å². The molecule has 0 fully saturated rings. The van der Waals surface area contributed by atoms with E-state index < -0.39 is 52.9 Å². The highest BCUT2D eigenvalue weighted by Gasteiger charge is 2.31. The van der Waals surface area contributed by atoms with Crippen LogP contribution in [-0.4, -0.2) is 90.9 Å². The maximum absolute atomic E-state index is 15.8. The topological polar surface area (TPSA) is 164 Å². The molecule has 0 spiro atoms. The first-order valence-corrected chi connectivity index (χ1v) is 19.0. The first-order chi connectivity index (χ1) is 27.0. The van der Waals surface area contributed by atoms with E-state index in [-0.39, 0.29) is 110 Å². The van der Waals surface area contributed by atoms with Gasteiger partial charge in [-0.05, 0) is 45.4 Å². The number of carbonyl (C=O) groups excluding carboxylic acids is 6. The highest BCUT2D eigenvalue weighted by Crippen LogP contribution is 2.41. The first-order valence-electron chi connectivity index (χ1n) is 18.2. The highest BCUT2D eigenvalue weighted by molar-refractivity contribution is 7.20. The minimum Gasteiger partial charge on any atom is -0.493 e. The van der Waals surface area contributed by atoms with Crippen LogP contribution in [0, 0.1) is 11.6 Å². The number of amides is 3. The molecule has 0 radical (unpaired) electrons. The van der Waals surface area contributed by atoms with Crippen LogP contribution < -0.4 is 18.9 Å². The van der Waals surface area contributed by atoms with E-state index >= 15 is 8.78 Å². The van der Waals surface area contributed by atoms with Crippen LogP contribution in [0.5, 0.6) is 23.0 Å². The van der Waals surface area contributed by atoms with Crippen LogP contribution in [0.1, 0.15) is 80.6 Å². The molecule has 2 aliphatic rings. The van der Waals surface area contributed by atoms with Gasteiger partial charge in [0.2, 0.25) is 5.91 Å². The second kappa shape index (κ2) is 18.1. The van der Waals surface area contributed by atoms with Crippen molar-refractivity contribution in [2.75, 3.05) is 34.0 Å². The molecule has 14 nitrogen and oxygen atoms in total. The van der Waals surface area contributed by atoms with Gasteiger partial charge >= 0.3 is 11.9 Å². The van der Waals surface area contributed by atoms with Gasteiger partial charge in [0.05, 0.1) is 51.7 Å². The number of ketones is 1. The zero-order chi connectivity index (χ0) is 41.6. The Labute approximate surface area is 331 Å². The molecule has 2 aromatic carbocycles. The molecule has 306 valence electrons. The van der Waals surface area contributed by atoms with Crippen LogP contribution in [0.2, 0.25) is 0 Å². The summed E-state index contributed by atoms with van der Waals surface area (Å²) < 4.78 is 64.7. The summed E-state index contributed by atoms with van der Waals surface area (Å²) in [6.07, 6.45) is 1.00. The predicted octanol–water partition coefficient (Wildman–Crippen LogP) is 5.83. The predicted molar refractivity (Wildman–Crippen MR) is 201 cm³/mol. The van der Waals surface area contributed by atoms with Crippen molar-refractivity contribution in [3.63, 3.8) is 0 Å². The number of thiophene rings is 1. The monoisotopic (exact) mass is 814 g/mol. The molecule has 0 saturated heterocycles. The van der Waals surface area contributed by atoms with E-state index in [9.17, 15) is 28.8 Å². The normalized spacial score (nSPS) is 14.2. The third kappa shape index (κ3) is 10.4. The van der Waals surface area contributed by atoms with Gasteiger partial charge in [0.1, 0.15) is 11.7 Å². The van der Waals surface area contributed by atoms with Gasteiger partial charge in [-0.1, -0.05) is 0 Å². The largest absolute Gasteiger partial charge is 0.493 e. The summed E-state index contributed by atoms with van der Waals surface area (Å²) in [5.41, 5.74) is 0.160. The zero-order valence-electron chi connectivity index (χ0n) is 32.5. The highest BCUT2D eigenvalue weighted by atomic mass is 32.1. The van der Waals surface area contributed by atoms with E-state index in [1.54, 1.807) is 26.8 Å². The van der Waals surface area contributed by atoms with E-state index in [0.717, 1.165) is 28.4 Å². The summed E-state index contributed by atoms with van der Waals surface area (Å²) in [6, 6.07) is 4.51. The number of nitrogens with zero attached hydrogens (tertiary/aromatic N) is 2. The average Bonchev–Trinajstić information content (AvgIpc) is 3.87. The Morgan fingerprint density at radius 1 is 0.825 bits per heavy atom. The Kier molecular flexibility index (Phi) is 13.5. The first kappa shape index (κ1) is 42.6. The summed E-state index contributed by atoms with van der Waals surface area (Å²) in [5.74, 6) is -4.48. The second-order valence-corrected chi connectivity index (χ2v) is 15.4. The number of imide groups is 1. The number of methoxy groups -OCH3 is 2. The molecule has 0 aliphatic carbocycles. The van der Waals surface area contributed by atoms with Crippen molar-refractivity contribution in [2.45, 2.75) is 84.6 Å². The zero-order valence-corrected chi connectivity index (χ0v) is 33.3. The van der Waals surface area contributed by atoms with Gasteiger partial charge in [-0.2, -0.15) is 0 Å². The summed E-state index contributed by atoms with van der Waals surface area (Å²) in [6.45, 7) is 6.66. The van der Waals surface area contributed by atoms with E-state index in [0.29, 0.717) is 10.3 Å². The van der Waals surface area contributed by atoms with Gasteiger partial charge in [-0.3, -0.25) is 33.7 Å². The fraction of sp³-hybridized carbons (Fsp3) is 0.450. The quantitative estimate of drug-likeness (QED) is 0.0655. The fourth-order valence-electron chi connectivity index (χ4n) is 6.14. The third-order valence-corrected chi connectivity index (χ3v) is 9.94. The lowest BCUT2D eigenvalue weighted by molar-refractivity contribution is -0.156. The van der Waals surface area contributed by atoms with Gasteiger partial charge in [0.25, 0.3) is 11.8 Å². The molecule has 3 amide bonds. The molecular formula is C40H44F2N2O12S. The number of carbonyl (C=O) groups is 6. The van der Waals surface area contributed by atoms with Gasteiger partial charge in [-0.15, -0.1) is 11.3 Å². The molecular weight excluding hydrogens is 771 g/mol. The SMILES string of the molecule is COc1cc2c(c(F)c1OCCCOc1c(OC)cc3sc(C(=O)CCC(=O)O[C@@H](C)CN4C(=O)C=CC4=O)cc3c1F)CN(C(=O)CCC(=O)OC(C)(C)C)C2. The van der Waals surface area contributed by atoms with Crippen LogP contribution in [0.4, 0.5) is 8.78 Å². The molecule has 0 N–H and O–H groups in total. The number of rotatable bonds is 18. The van der Waals surface area contributed by atoms with Gasteiger partial charge in [0.15, 0.2) is 40.4 Å². The molecule has 3 aromatic rings. The van der Waals surface area contributed by atoms with Crippen molar-refractivity contribution < 1.29 is 66.0 Å². The van der Waals surface area contributed by atoms with Crippen molar-refractivity contribution >= 4 is 56.9 Å². The lowest BCUT2D eigenvalue weighted by atomic mass is 10.1. The maximum atomic E-state index is 15.8. The van der Waals surface area contributed by atoms with Crippen molar-refractivity contribution in [3.8, 4) is 23.0 Å². The summed E-state index contributed by atoms with van der Waals surface area (Å²) in [7, 11) is 2.71. The molecule has 17 heteroatoms. The van der Waals surface area contributed by atoms with Crippen molar-refractivity contribution in [3.05, 3.63) is 58.0 Å². The fourth-order valence-corrected chi connectivity index (χ4v) is 7.20. The van der Waals surface area contributed by atoms with Crippen LogP contribution in [0.3, 0.4) is 0 Å². The molecule has 3 heterocycles. The van der Waals surface area contributed by atoms with Crippen LogP contribution in [-0.2, 0) is 46.5 Å². The molecule has 57 heavy (non-hydrogen) atoms. The summed E-state index contributed by atoms with van der Waals surface area (Å²) in [5, 5.41) is 0.113. The van der Waals surface area contributed by atoms with Gasteiger partial charge in [-0.25, -0.2) is 8.78 Å². The molecule has 5 rings (SSSR count). The standard InChI is InChI=1S/C40H44F2N2O12S/c1-22(19-44-32(47)9-10-33(44)48)55-34(49)12-8-26(45)30-17-24-29(57-30)18-28(52-6)39(36(24)41)54-15-7-14-53-38-27(51-5)16-23-20-43(21-25(23)37(38)42)31(46)11-13-35(50)56-40(2,3)4/h9-10,16-18,22H,7-8,11-15,19-21H2,1-6H3/t22-/m0/s1. The Balaban J connectivity index is 1.13. The Morgan fingerprint density at radius 3 is 2.07 bits per heavy atom. The number of esters is 2. The number of benzene rings is 2. The Hall–Kier alpha value is -5.58. The second-order valence-electron chi connectivity index (χ2n) is 14.3. The number of Topliss-reactive ketones (excluding diaryl/α,β-unsaturated/α-hetero) is 1. The molecule has 0 bridgehead atoms. The number of fused-ring (bicyclic) bond motifs is 2. The van der Waals surface area contributed by atoms with Gasteiger partial charge in [0, 0.05) is 66.2 Å². The Bertz CT molecular complexity index is 2090. The van der Waals surface area contributed by atoms with Crippen molar-refractivity contribution in [2.24, 2.45) is 0 Å².